The smallest absolute Gasteiger partial charge is 0.462 e. The Morgan fingerprint density at radius 2 is 0.460 bits per heavy atom. The minimum absolute atomic E-state index is 0.0939. The first-order valence-electron chi connectivity index (χ1n) is 41.6. The van der Waals surface area contributed by atoms with Crippen LogP contribution in [0.5, 0.6) is 0 Å². The van der Waals surface area contributed by atoms with Crippen molar-refractivity contribution >= 4 is 39.5 Å². The first-order valence-corrected chi connectivity index (χ1v) is 44.6. The van der Waals surface area contributed by atoms with Gasteiger partial charge in [-0.25, -0.2) is 9.13 Å². The van der Waals surface area contributed by atoms with Gasteiger partial charge in [-0.2, -0.15) is 0 Å². The molecule has 17 nitrogen and oxygen atoms in total. The van der Waals surface area contributed by atoms with Crippen LogP contribution in [0.4, 0.5) is 0 Å². The molecule has 0 fully saturated rings. The van der Waals surface area contributed by atoms with Gasteiger partial charge in [0.1, 0.15) is 19.3 Å². The van der Waals surface area contributed by atoms with Crippen molar-refractivity contribution in [3.8, 4) is 0 Å². The lowest BCUT2D eigenvalue weighted by Gasteiger charge is -2.21. The molecule has 100 heavy (non-hydrogen) atoms. The van der Waals surface area contributed by atoms with E-state index in [-0.39, 0.29) is 25.7 Å². The van der Waals surface area contributed by atoms with E-state index in [1.165, 1.54) is 212 Å². The van der Waals surface area contributed by atoms with Gasteiger partial charge in [-0.15, -0.1) is 0 Å². The monoisotopic (exact) mass is 1460 g/mol. The molecule has 3 N–H and O–H groups in total. The van der Waals surface area contributed by atoms with Crippen molar-refractivity contribution in [2.45, 2.75) is 431 Å². The summed E-state index contributed by atoms with van der Waals surface area (Å²) in [6.07, 6.45) is 70.0. The predicted molar refractivity (Wildman–Crippen MR) is 409 cm³/mol. The van der Waals surface area contributed by atoms with Gasteiger partial charge in [0.2, 0.25) is 0 Å². The van der Waals surface area contributed by atoms with Crippen LogP contribution in [-0.2, 0) is 65.4 Å². The average molecular weight is 1460 g/mol. The van der Waals surface area contributed by atoms with Crippen molar-refractivity contribution in [3.05, 3.63) is 24.3 Å². The van der Waals surface area contributed by atoms with Gasteiger partial charge in [0, 0.05) is 25.7 Å². The number of aliphatic hydroxyl groups excluding tert-OH is 1. The van der Waals surface area contributed by atoms with E-state index in [9.17, 15) is 43.2 Å². The van der Waals surface area contributed by atoms with Crippen LogP contribution < -0.4 is 0 Å². The van der Waals surface area contributed by atoms with E-state index in [1.54, 1.807) is 0 Å². The Balaban J connectivity index is 5.30. The normalized spacial score (nSPS) is 13.9. The SMILES string of the molecule is CCCCCCCC/C=C\CCCCCCCC(=O)OC[C@H](COP(=O)(O)OC[C@H](O)COP(=O)(O)OC[C@@H](COC(=O)CCCCCCCCCCCCCCC)OC(=O)CCCCCCC/C=C\CCCCCCCC)OC(=O)CCCCCCCCCCCCCCCCCCC. The zero-order valence-corrected chi connectivity index (χ0v) is 66.5. The summed E-state index contributed by atoms with van der Waals surface area (Å²) in [7, 11) is -9.93. The molecule has 0 heterocycles. The van der Waals surface area contributed by atoms with Crippen LogP contribution in [0.1, 0.15) is 413 Å². The summed E-state index contributed by atoms with van der Waals surface area (Å²) in [5, 5.41) is 10.6. The quantitative estimate of drug-likeness (QED) is 0.0169. The second-order valence-corrected chi connectivity index (χ2v) is 31.3. The Morgan fingerprint density at radius 3 is 0.690 bits per heavy atom. The molecule has 0 bridgehead atoms. The minimum Gasteiger partial charge on any atom is -0.462 e. The molecule has 0 saturated heterocycles. The number of allylic oxidation sites excluding steroid dienone is 4. The first kappa shape index (κ1) is 97.5. The molecule has 0 aliphatic carbocycles. The highest BCUT2D eigenvalue weighted by Crippen LogP contribution is 2.45. The number of ether oxygens (including phenoxy) is 4. The second kappa shape index (κ2) is 74.8. The topological polar surface area (TPSA) is 237 Å². The lowest BCUT2D eigenvalue weighted by Crippen LogP contribution is -2.30. The van der Waals surface area contributed by atoms with Gasteiger partial charge in [-0.3, -0.25) is 37.3 Å². The summed E-state index contributed by atoms with van der Waals surface area (Å²) in [5.74, 6) is -2.14. The van der Waals surface area contributed by atoms with Crippen LogP contribution in [-0.4, -0.2) is 96.7 Å². The number of aliphatic hydroxyl groups is 1. The molecule has 0 spiro atoms. The number of esters is 4. The minimum atomic E-state index is -4.97. The molecule has 590 valence electrons. The fraction of sp³-hybridized carbons (Fsp3) is 0.901. The number of phosphoric acid groups is 2. The highest BCUT2D eigenvalue weighted by molar-refractivity contribution is 7.47. The fourth-order valence-corrected chi connectivity index (χ4v) is 13.6. The van der Waals surface area contributed by atoms with Gasteiger partial charge < -0.3 is 33.8 Å². The highest BCUT2D eigenvalue weighted by atomic mass is 31.2. The van der Waals surface area contributed by atoms with E-state index in [4.69, 9.17) is 37.0 Å². The Morgan fingerprint density at radius 1 is 0.270 bits per heavy atom. The van der Waals surface area contributed by atoms with E-state index in [2.05, 4.69) is 52.0 Å². The summed E-state index contributed by atoms with van der Waals surface area (Å²) >= 11 is 0. The molecule has 0 saturated carbocycles. The lowest BCUT2D eigenvalue weighted by atomic mass is 10.0. The van der Waals surface area contributed by atoms with Crippen molar-refractivity contribution < 1.29 is 80.2 Å². The van der Waals surface area contributed by atoms with Crippen molar-refractivity contribution in [2.75, 3.05) is 39.6 Å². The number of carbonyl (C=O) groups excluding carboxylic acids is 4. The van der Waals surface area contributed by atoms with Crippen molar-refractivity contribution in [1.82, 2.24) is 0 Å². The van der Waals surface area contributed by atoms with Crippen molar-refractivity contribution in [3.63, 3.8) is 0 Å². The van der Waals surface area contributed by atoms with Crippen LogP contribution in [0.25, 0.3) is 0 Å². The molecule has 19 heteroatoms. The third-order valence-corrected chi connectivity index (χ3v) is 20.3. The molecule has 2 unspecified atom stereocenters. The van der Waals surface area contributed by atoms with Crippen molar-refractivity contribution in [1.29, 1.82) is 0 Å². The summed E-state index contributed by atoms with van der Waals surface area (Å²) in [4.78, 5) is 73.0. The summed E-state index contributed by atoms with van der Waals surface area (Å²) in [6, 6.07) is 0. The lowest BCUT2D eigenvalue weighted by molar-refractivity contribution is -0.161. The van der Waals surface area contributed by atoms with Crippen LogP contribution in [0.15, 0.2) is 24.3 Å². The largest absolute Gasteiger partial charge is 0.472 e. The Kier molecular flexibility index (Phi) is 73.0. The highest BCUT2D eigenvalue weighted by Gasteiger charge is 2.30. The molecule has 5 atom stereocenters. The van der Waals surface area contributed by atoms with E-state index in [0.29, 0.717) is 25.7 Å². The van der Waals surface area contributed by atoms with Gasteiger partial charge in [0.25, 0.3) is 0 Å². The standard InChI is InChI=1S/C81H154O17P2/c1-5-9-13-17-21-25-29-33-36-37-40-44-48-52-56-60-64-68-81(86)98-77(72-92-79(84)66-62-58-54-50-46-42-38-34-30-26-22-18-14-10-6-2)74-96-100(89,90)94-70-75(82)69-93-99(87,88)95-73-76(71-91-78(83)65-61-57-53-49-45-41-32-28-24-20-16-12-8-4)97-80(85)67-63-59-55-51-47-43-39-35-31-27-23-19-15-11-7-3/h34-35,38-39,75-77,82H,5-33,36-37,40-74H2,1-4H3,(H,87,88)(H,89,90)/b38-34-,39-35-/t75-,76-,77-/m1/s1. The molecule has 0 radical (unpaired) electrons. The van der Waals surface area contributed by atoms with E-state index < -0.39 is 97.5 Å². The number of carbonyl (C=O) groups is 4. The summed E-state index contributed by atoms with van der Waals surface area (Å²) in [5.41, 5.74) is 0. The molecule has 0 aliphatic rings. The molecular weight excluding hydrogens is 1310 g/mol. The van der Waals surface area contributed by atoms with Crippen molar-refractivity contribution in [2.24, 2.45) is 0 Å². The molecule has 0 aromatic rings. The maximum Gasteiger partial charge on any atom is 0.472 e. The predicted octanol–water partition coefficient (Wildman–Crippen LogP) is 24.1. The molecule has 0 aromatic carbocycles. The van der Waals surface area contributed by atoms with Gasteiger partial charge in [-0.1, -0.05) is 335 Å². The maximum atomic E-state index is 13.1. The van der Waals surface area contributed by atoms with Crippen LogP contribution >= 0.6 is 15.6 Å². The Bertz CT molecular complexity index is 1990. The number of hydrogen-bond acceptors (Lipinski definition) is 15. The van der Waals surface area contributed by atoms with E-state index in [1.807, 2.05) is 0 Å². The molecule has 0 aromatic heterocycles. The Labute approximate surface area is 612 Å². The van der Waals surface area contributed by atoms with Crippen LogP contribution in [0.2, 0.25) is 0 Å². The average Bonchev–Trinajstić information content (AvgIpc) is 0.933. The van der Waals surface area contributed by atoms with E-state index >= 15 is 0 Å². The maximum absolute atomic E-state index is 13.1. The van der Waals surface area contributed by atoms with Gasteiger partial charge in [-0.05, 0) is 77.0 Å². The van der Waals surface area contributed by atoms with Crippen LogP contribution in [0.3, 0.4) is 0 Å². The van der Waals surface area contributed by atoms with Gasteiger partial charge >= 0.3 is 39.5 Å². The molecule has 0 amide bonds. The third-order valence-electron chi connectivity index (χ3n) is 18.4. The fourth-order valence-electron chi connectivity index (χ4n) is 12.0. The third kappa shape index (κ3) is 73.8. The summed E-state index contributed by atoms with van der Waals surface area (Å²) in [6.45, 7) is 4.97. The molecule has 0 rings (SSSR count). The van der Waals surface area contributed by atoms with Gasteiger partial charge in [0.15, 0.2) is 12.2 Å². The number of rotatable bonds is 80. The van der Waals surface area contributed by atoms with Crippen LogP contribution in [0, 0.1) is 0 Å². The Hall–Kier alpha value is -2.46. The zero-order chi connectivity index (χ0) is 73.2. The summed E-state index contributed by atoms with van der Waals surface area (Å²) < 4.78 is 68.7. The number of phosphoric ester groups is 2. The first-order chi connectivity index (χ1) is 48.7. The number of unbranched alkanes of at least 4 members (excludes halogenated alkanes) is 50. The second-order valence-electron chi connectivity index (χ2n) is 28.4. The van der Waals surface area contributed by atoms with E-state index in [0.717, 1.165) is 122 Å². The molecular formula is C81H154O17P2. The number of hydrogen-bond donors (Lipinski definition) is 3. The molecule has 0 aliphatic heterocycles. The van der Waals surface area contributed by atoms with Gasteiger partial charge in [0.05, 0.1) is 26.4 Å². The zero-order valence-electron chi connectivity index (χ0n) is 64.7.